The molecule has 0 saturated heterocycles. The normalized spacial score (nSPS) is 17.0. The highest BCUT2D eigenvalue weighted by molar-refractivity contribution is 5.73. The number of hydrogen-bond donors (Lipinski definition) is 3. The molecule has 1 amide bonds. The Balaban J connectivity index is 1.51. The summed E-state index contributed by atoms with van der Waals surface area (Å²) in [4.78, 5) is 19.4. The number of carbonyl (C=O) groups is 1. The molecule has 1 aliphatic carbocycles. The predicted octanol–water partition coefficient (Wildman–Crippen LogP) is 4.52. The molecular weight excluding hydrogens is 507 g/mol. The first-order valence-corrected chi connectivity index (χ1v) is 12.2. The van der Waals surface area contributed by atoms with Gasteiger partial charge >= 0.3 is 6.18 Å². The molecule has 0 aliphatic heterocycles. The molecule has 1 heterocycles. The largest absolute Gasteiger partial charge is 0.433 e. The number of hydrogen-bond acceptors (Lipinski definition) is 5. The standard InChI is InChI=1S/C27H27F5N4O2/c1-15(37)35-23(11-16-9-19(28)13-20(29)10-16)24(38)14-34-22-4-2-3-17-5-6-18(12-21(17)22)26-33-8-7-25(36-26)27(30,31)32/h5-10,12-13,22-24,34,38H,2-4,11,14H2,1H3,(H,35,37)/t22?,23-,24-/m0/s1. The van der Waals surface area contributed by atoms with Crippen LogP contribution in [0.4, 0.5) is 22.0 Å². The molecule has 1 aliphatic rings. The fraction of sp³-hybridized carbons (Fsp3) is 0.370. The van der Waals surface area contributed by atoms with Crippen molar-refractivity contribution in [2.24, 2.45) is 0 Å². The molecule has 4 rings (SSSR count). The summed E-state index contributed by atoms with van der Waals surface area (Å²) >= 11 is 0. The third kappa shape index (κ3) is 6.90. The van der Waals surface area contributed by atoms with Crippen molar-refractivity contribution in [3.63, 3.8) is 0 Å². The summed E-state index contributed by atoms with van der Waals surface area (Å²) in [6.07, 6.45) is -2.23. The number of carbonyl (C=O) groups excluding carboxylic acids is 1. The number of aryl methyl sites for hydroxylation is 1. The molecular formula is C27H27F5N4O2. The molecule has 2 aromatic carbocycles. The Morgan fingerprint density at radius 2 is 1.87 bits per heavy atom. The SMILES string of the molecule is CC(=O)N[C@@H](Cc1cc(F)cc(F)c1)[C@@H](O)CNC1CCCc2ccc(-c3nccc(C(F)(F)F)n3)cc21. The maximum atomic E-state index is 13.6. The van der Waals surface area contributed by atoms with Gasteiger partial charge in [0.2, 0.25) is 5.91 Å². The Morgan fingerprint density at radius 1 is 1.13 bits per heavy atom. The van der Waals surface area contributed by atoms with E-state index in [0.29, 0.717) is 12.0 Å². The smallest absolute Gasteiger partial charge is 0.390 e. The Hall–Kier alpha value is -3.44. The number of nitrogens with one attached hydrogen (secondary N) is 2. The number of aliphatic hydroxyl groups is 1. The van der Waals surface area contributed by atoms with Crippen molar-refractivity contribution < 1.29 is 31.9 Å². The van der Waals surface area contributed by atoms with Gasteiger partial charge in [0.1, 0.15) is 17.3 Å². The van der Waals surface area contributed by atoms with E-state index in [2.05, 4.69) is 20.6 Å². The van der Waals surface area contributed by atoms with Crippen LogP contribution in [0.25, 0.3) is 11.4 Å². The second-order valence-electron chi connectivity index (χ2n) is 9.39. The topological polar surface area (TPSA) is 87.1 Å². The van der Waals surface area contributed by atoms with Crippen LogP contribution in [0, 0.1) is 11.6 Å². The van der Waals surface area contributed by atoms with Crippen LogP contribution in [0.15, 0.2) is 48.7 Å². The first-order valence-electron chi connectivity index (χ1n) is 12.2. The fourth-order valence-electron chi connectivity index (χ4n) is 4.74. The minimum absolute atomic E-state index is 0.00932. The highest BCUT2D eigenvalue weighted by Gasteiger charge is 2.33. The molecule has 3 N–H and O–H groups in total. The second-order valence-corrected chi connectivity index (χ2v) is 9.39. The lowest BCUT2D eigenvalue weighted by Gasteiger charge is -2.30. The van der Waals surface area contributed by atoms with Gasteiger partial charge in [-0.1, -0.05) is 12.1 Å². The molecule has 1 aromatic heterocycles. The van der Waals surface area contributed by atoms with Crippen LogP contribution in [0.5, 0.6) is 0 Å². The number of aliphatic hydroxyl groups excluding tert-OH is 1. The van der Waals surface area contributed by atoms with Gasteiger partial charge in [0.05, 0.1) is 12.1 Å². The third-order valence-corrected chi connectivity index (χ3v) is 6.47. The predicted molar refractivity (Wildman–Crippen MR) is 130 cm³/mol. The summed E-state index contributed by atoms with van der Waals surface area (Å²) in [5.41, 5.74) is 1.58. The van der Waals surface area contributed by atoms with E-state index < -0.39 is 41.6 Å². The fourth-order valence-corrected chi connectivity index (χ4v) is 4.74. The lowest BCUT2D eigenvalue weighted by atomic mass is 9.86. The van der Waals surface area contributed by atoms with Gasteiger partial charge in [-0.05, 0) is 66.6 Å². The molecule has 0 radical (unpaired) electrons. The van der Waals surface area contributed by atoms with E-state index >= 15 is 0 Å². The van der Waals surface area contributed by atoms with E-state index in [0.717, 1.165) is 54.4 Å². The molecule has 3 aromatic rings. The first kappa shape index (κ1) is 27.6. The van der Waals surface area contributed by atoms with Crippen LogP contribution < -0.4 is 10.6 Å². The van der Waals surface area contributed by atoms with Gasteiger partial charge in [-0.25, -0.2) is 18.7 Å². The number of nitrogens with zero attached hydrogens (tertiary/aromatic N) is 2. The Kier molecular flexibility index (Phi) is 8.37. The monoisotopic (exact) mass is 534 g/mol. The molecule has 0 saturated carbocycles. The van der Waals surface area contributed by atoms with E-state index in [1.807, 2.05) is 6.07 Å². The summed E-state index contributed by atoms with van der Waals surface area (Å²) in [5.74, 6) is -1.96. The molecule has 11 heteroatoms. The average Bonchev–Trinajstić information content (AvgIpc) is 2.85. The van der Waals surface area contributed by atoms with Crippen molar-refractivity contribution in [3.05, 3.63) is 82.7 Å². The van der Waals surface area contributed by atoms with Gasteiger partial charge in [0, 0.05) is 37.3 Å². The van der Waals surface area contributed by atoms with Crippen molar-refractivity contribution >= 4 is 5.91 Å². The number of alkyl halides is 3. The second kappa shape index (κ2) is 11.5. The maximum Gasteiger partial charge on any atom is 0.433 e. The Labute approximate surface area is 216 Å². The van der Waals surface area contributed by atoms with Crippen molar-refractivity contribution in [1.82, 2.24) is 20.6 Å². The van der Waals surface area contributed by atoms with E-state index in [9.17, 15) is 31.9 Å². The number of rotatable bonds is 8. The quantitative estimate of drug-likeness (QED) is 0.370. The van der Waals surface area contributed by atoms with Crippen molar-refractivity contribution in [3.8, 4) is 11.4 Å². The van der Waals surface area contributed by atoms with Gasteiger partial charge in [0.15, 0.2) is 5.82 Å². The van der Waals surface area contributed by atoms with Crippen LogP contribution in [0.1, 0.15) is 48.2 Å². The van der Waals surface area contributed by atoms with Crippen molar-refractivity contribution in [2.75, 3.05) is 6.54 Å². The van der Waals surface area contributed by atoms with E-state index in [-0.39, 0.29) is 30.4 Å². The van der Waals surface area contributed by atoms with Crippen molar-refractivity contribution in [1.29, 1.82) is 0 Å². The number of fused-ring (bicyclic) bond motifs is 1. The van der Waals surface area contributed by atoms with Gasteiger partial charge in [0.25, 0.3) is 0 Å². The van der Waals surface area contributed by atoms with Crippen LogP contribution >= 0.6 is 0 Å². The van der Waals surface area contributed by atoms with Crippen LogP contribution in [0.2, 0.25) is 0 Å². The van der Waals surface area contributed by atoms with E-state index in [4.69, 9.17) is 0 Å². The number of benzene rings is 2. The molecule has 38 heavy (non-hydrogen) atoms. The zero-order valence-corrected chi connectivity index (χ0v) is 20.5. The summed E-state index contributed by atoms with van der Waals surface area (Å²) in [7, 11) is 0. The molecule has 202 valence electrons. The molecule has 0 spiro atoms. The average molecular weight is 535 g/mol. The minimum Gasteiger partial charge on any atom is -0.390 e. The maximum absolute atomic E-state index is 13.6. The summed E-state index contributed by atoms with van der Waals surface area (Å²) in [5, 5.41) is 16.8. The van der Waals surface area contributed by atoms with Gasteiger partial charge in [-0.15, -0.1) is 0 Å². The third-order valence-electron chi connectivity index (χ3n) is 6.47. The molecule has 3 atom stereocenters. The zero-order chi connectivity index (χ0) is 27.4. The van der Waals surface area contributed by atoms with Crippen LogP contribution in [0.3, 0.4) is 0 Å². The summed E-state index contributed by atoms with van der Waals surface area (Å²) < 4.78 is 66.7. The number of halogens is 5. The van der Waals surface area contributed by atoms with Gasteiger partial charge in [-0.2, -0.15) is 13.2 Å². The van der Waals surface area contributed by atoms with E-state index in [1.165, 1.54) is 6.92 Å². The first-order chi connectivity index (χ1) is 18.0. The molecule has 0 fully saturated rings. The minimum atomic E-state index is -4.59. The Morgan fingerprint density at radius 3 is 2.55 bits per heavy atom. The van der Waals surface area contributed by atoms with Crippen LogP contribution in [-0.4, -0.2) is 39.7 Å². The number of amides is 1. The van der Waals surface area contributed by atoms with Gasteiger partial charge in [-0.3, -0.25) is 4.79 Å². The number of aromatic nitrogens is 2. The molecule has 0 bridgehead atoms. The summed E-state index contributed by atoms with van der Waals surface area (Å²) in [6.45, 7) is 1.34. The van der Waals surface area contributed by atoms with Gasteiger partial charge < -0.3 is 15.7 Å². The lowest BCUT2D eigenvalue weighted by molar-refractivity contribution is -0.141. The highest BCUT2D eigenvalue weighted by Crippen LogP contribution is 2.34. The highest BCUT2D eigenvalue weighted by atomic mass is 19.4. The van der Waals surface area contributed by atoms with Crippen LogP contribution in [-0.2, 0) is 23.8 Å². The van der Waals surface area contributed by atoms with E-state index in [1.54, 1.807) is 12.1 Å². The Bertz CT molecular complexity index is 1280. The molecule has 1 unspecified atom stereocenters. The zero-order valence-electron chi connectivity index (χ0n) is 20.5. The summed E-state index contributed by atoms with van der Waals surface area (Å²) in [6, 6.07) is 8.12. The lowest BCUT2D eigenvalue weighted by Crippen LogP contribution is -2.48. The van der Waals surface area contributed by atoms with Crippen molar-refractivity contribution in [2.45, 2.75) is 57.0 Å². The molecule has 6 nitrogen and oxygen atoms in total.